The zero-order chi connectivity index (χ0) is 14.7. The van der Waals surface area contributed by atoms with Gasteiger partial charge in [-0.2, -0.15) is 0 Å². The Bertz CT molecular complexity index is 489. The van der Waals surface area contributed by atoms with Gasteiger partial charge in [0.15, 0.2) is 0 Å². The van der Waals surface area contributed by atoms with Gasteiger partial charge in [-0.15, -0.1) is 0 Å². The van der Waals surface area contributed by atoms with Gasteiger partial charge in [-0.3, -0.25) is 4.79 Å². The Morgan fingerprint density at radius 3 is 2.75 bits per heavy atom. The highest BCUT2D eigenvalue weighted by Crippen LogP contribution is 2.31. The molecule has 1 aliphatic carbocycles. The van der Waals surface area contributed by atoms with Gasteiger partial charge in [0.05, 0.1) is 0 Å². The molecule has 0 bridgehead atoms. The highest BCUT2D eigenvalue weighted by Gasteiger charge is 2.28. The van der Waals surface area contributed by atoms with E-state index in [9.17, 15) is 4.79 Å². The van der Waals surface area contributed by atoms with Gasteiger partial charge >= 0.3 is 0 Å². The van der Waals surface area contributed by atoms with Crippen LogP contribution in [0.2, 0.25) is 10.0 Å². The highest BCUT2D eigenvalue weighted by atomic mass is 35.5. The van der Waals surface area contributed by atoms with Crippen molar-refractivity contribution in [3.63, 3.8) is 0 Å². The predicted molar refractivity (Wildman–Crippen MR) is 83.0 cm³/mol. The number of hydrogen-bond donors (Lipinski definition) is 2. The first-order valence-corrected chi connectivity index (χ1v) is 7.70. The molecular weight excluding hydrogens is 295 g/mol. The van der Waals surface area contributed by atoms with Crippen LogP contribution in [-0.2, 0) is 11.2 Å². The molecular formula is C15H20Cl2N2O. The van der Waals surface area contributed by atoms with Crippen LogP contribution in [0.15, 0.2) is 18.2 Å². The second-order valence-electron chi connectivity index (χ2n) is 5.59. The average molecular weight is 315 g/mol. The summed E-state index contributed by atoms with van der Waals surface area (Å²) in [7, 11) is 0. The monoisotopic (exact) mass is 314 g/mol. The van der Waals surface area contributed by atoms with Gasteiger partial charge in [-0.1, -0.05) is 36.2 Å². The second-order valence-corrected chi connectivity index (χ2v) is 6.43. The predicted octanol–water partition coefficient (Wildman–Crippen LogP) is 3.03. The van der Waals surface area contributed by atoms with Crippen molar-refractivity contribution in [3.8, 4) is 0 Å². The number of nitrogens with one attached hydrogen (secondary N) is 1. The first-order valence-electron chi connectivity index (χ1n) is 6.94. The van der Waals surface area contributed by atoms with Crippen molar-refractivity contribution < 1.29 is 4.79 Å². The number of benzene rings is 1. The van der Waals surface area contributed by atoms with Crippen LogP contribution < -0.4 is 11.1 Å². The Kier molecular flexibility index (Phi) is 5.30. The van der Waals surface area contributed by atoms with E-state index < -0.39 is 0 Å². The summed E-state index contributed by atoms with van der Waals surface area (Å²) in [6, 6.07) is 5.44. The van der Waals surface area contributed by atoms with Crippen LogP contribution in [0.4, 0.5) is 0 Å². The fraction of sp³-hybridized carbons (Fsp3) is 0.533. The van der Waals surface area contributed by atoms with Gasteiger partial charge in [0.1, 0.15) is 0 Å². The van der Waals surface area contributed by atoms with Gasteiger partial charge in [0.2, 0.25) is 5.91 Å². The first-order chi connectivity index (χ1) is 9.47. The quantitative estimate of drug-likeness (QED) is 0.848. The van der Waals surface area contributed by atoms with E-state index in [4.69, 9.17) is 28.9 Å². The summed E-state index contributed by atoms with van der Waals surface area (Å²) in [4.78, 5) is 12.0. The first kappa shape index (κ1) is 15.6. The number of rotatable bonds is 6. The van der Waals surface area contributed by atoms with E-state index in [0.29, 0.717) is 28.9 Å². The van der Waals surface area contributed by atoms with Crippen LogP contribution in [0.1, 0.15) is 25.3 Å². The van der Waals surface area contributed by atoms with Crippen LogP contribution in [0.5, 0.6) is 0 Å². The molecule has 1 aliphatic rings. The summed E-state index contributed by atoms with van der Waals surface area (Å²) in [6.07, 6.45) is 2.97. The summed E-state index contributed by atoms with van der Waals surface area (Å²) in [5.74, 6) is 0.475. The van der Waals surface area contributed by atoms with Crippen LogP contribution in [0, 0.1) is 11.8 Å². The third-order valence-electron chi connectivity index (χ3n) is 3.73. The lowest BCUT2D eigenvalue weighted by Gasteiger charge is -2.16. The normalized spacial score (nSPS) is 17.6. The van der Waals surface area contributed by atoms with E-state index >= 15 is 0 Å². The summed E-state index contributed by atoms with van der Waals surface area (Å²) in [5.41, 5.74) is 6.91. The standard InChI is InChI=1S/C15H20Cl2N2O/c1-9(6-11-4-5-12(16)7-13(11)17)15(20)19-8-14(18)10-2-3-10/h4-5,7,9-10,14H,2-3,6,8,18H2,1H3,(H,19,20). The van der Waals surface area contributed by atoms with E-state index in [-0.39, 0.29) is 17.9 Å². The molecule has 1 saturated carbocycles. The lowest BCUT2D eigenvalue weighted by atomic mass is 10.00. The molecule has 2 rings (SSSR count). The smallest absolute Gasteiger partial charge is 0.223 e. The average Bonchev–Trinajstić information content (AvgIpc) is 3.23. The number of carbonyl (C=O) groups excluding carboxylic acids is 1. The minimum Gasteiger partial charge on any atom is -0.354 e. The zero-order valence-corrected chi connectivity index (χ0v) is 13.0. The lowest BCUT2D eigenvalue weighted by molar-refractivity contribution is -0.124. The molecule has 3 nitrogen and oxygen atoms in total. The Morgan fingerprint density at radius 2 is 2.15 bits per heavy atom. The molecule has 0 heterocycles. The minimum absolute atomic E-state index is 0.0205. The van der Waals surface area contributed by atoms with Gasteiger partial charge in [-0.25, -0.2) is 0 Å². The van der Waals surface area contributed by atoms with E-state index in [1.165, 1.54) is 12.8 Å². The molecule has 0 aliphatic heterocycles. The van der Waals surface area contributed by atoms with Crippen molar-refractivity contribution in [2.24, 2.45) is 17.6 Å². The van der Waals surface area contributed by atoms with Crippen LogP contribution in [0.25, 0.3) is 0 Å². The fourth-order valence-corrected chi connectivity index (χ4v) is 2.68. The van der Waals surface area contributed by atoms with Crippen molar-refractivity contribution in [1.82, 2.24) is 5.32 Å². The molecule has 0 saturated heterocycles. The van der Waals surface area contributed by atoms with E-state index in [2.05, 4.69) is 5.32 Å². The zero-order valence-electron chi connectivity index (χ0n) is 11.5. The van der Waals surface area contributed by atoms with Crippen molar-refractivity contribution >= 4 is 29.1 Å². The summed E-state index contributed by atoms with van der Waals surface area (Å²) in [6.45, 7) is 2.45. The maximum Gasteiger partial charge on any atom is 0.223 e. The Morgan fingerprint density at radius 1 is 1.45 bits per heavy atom. The molecule has 1 aromatic carbocycles. The number of carbonyl (C=O) groups is 1. The number of nitrogens with two attached hydrogens (primary N) is 1. The molecule has 20 heavy (non-hydrogen) atoms. The molecule has 110 valence electrons. The van der Waals surface area contributed by atoms with Crippen LogP contribution in [0.3, 0.4) is 0 Å². The SMILES string of the molecule is CC(Cc1ccc(Cl)cc1Cl)C(=O)NCC(N)C1CC1. The minimum atomic E-state index is -0.139. The summed E-state index contributed by atoms with van der Waals surface area (Å²) >= 11 is 12.0. The maximum absolute atomic E-state index is 12.0. The van der Waals surface area contributed by atoms with Crippen molar-refractivity contribution in [3.05, 3.63) is 33.8 Å². The van der Waals surface area contributed by atoms with Gasteiger partial charge < -0.3 is 11.1 Å². The third kappa shape index (κ3) is 4.37. The van der Waals surface area contributed by atoms with Crippen LogP contribution in [-0.4, -0.2) is 18.5 Å². The molecule has 0 spiro atoms. The lowest BCUT2D eigenvalue weighted by Crippen LogP contribution is -2.41. The van der Waals surface area contributed by atoms with E-state index in [1.54, 1.807) is 12.1 Å². The third-order valence-corrected chi connectivity index (χ3v) is 4.32. The Hall–Kier alpha value is -0.770. The molecule has 1 amide bonds. The van der Waals surface area contributed by atoms with E-state index in [0.717, 1.165) is 5.56 Å². The van der Waals surface area contributed by atoms with Gasteiger partial charge in [0.25, 0.3) is 0 Å². The summed E-state index contributed by atoms with van der Waals surface area (Å²) < 4.78 is 0. The van der Waals surface area contributed by atoms with Gasteiger partial charge in [-0.05, 0) is 42.9 Å². The summed E-state index contributed by atoms with van der Waals surface area (Å²) in [5, 5.41) is 4.13. The molecule has 5 heteroatoms. The molecule has 1 fully saturated rings. The van der Waals surface area contributed by atoms with Crippen LogP contribution >= 0.6 is 23.2 Å². The number of hydrogen-bond acceptors (Lipinski definition) is 2. The fourth-order valence-electron chi connectivity index (χ4n) is 2.19. The molecule has 2 atom stereocenters. The largest absolute Gasteiger partial charge is 0.354 e. The molecule has 0 radical (unpaired) electrons. The number of halogens is 2. The van der Waals surface area contributed by atoms with Crippen molar-refractivity contribution in [1.29, 1.82) is 0 Å². The Balaban J connectivity index is 1.83. The molecule has 2 unspecified atom stereocenters. The molecule has 3 N–H and O–H groups in total. The Labute approximate surface area is 129 Å². The molecule has 0 aromatic heterocycles. The number of amides is 1. The van der Waals surface area contributed by atoms with E-state index in [1.807, 2.05) is 13.0 Å². The van der Waals surface area contributed by atoms with Gasteiger partial charge in [0, 0.05) is 28.5 Å². The van der Waals surface area contributed by atoms with Crippen molar-refractivity contribution in [2.45, 2.75) is 32.2 Å². The second kappa shape index (κ2) is 6.79. The highest BCUT2D eigenvalue weighted by molar-refractivity contribution is 6.35. The maximum atomic E-state index is 12.0. The molecule has 1 aromatic rings. The topological polar surface area (TPSA) is 55.1 Å². The van der Waals surface area contributed by atoms with Crippen molar-refractivity contribution in [2.75, 3.05) is 6.54 Å².